The summed E-state index contributed by atoms with van der Waals surface area (Å²) in [6, 6.07) is 13.9. The molecule has 7 nitrogen and oxygen atoms in total. The number of ether oxygens (including phenoxy) is 1. The van der Waals surface area contributed by atoms with E-state index in [1.165, 1.54) is 7.11 Å². The minimum Gasteiger partial charge on any atom is -0.466 e. The number of benzene rings is 2. The SMILES string of the molecule is COC(=O)C1=C(CN2CCN(c3cccc(Cl)c3)CC2)NC(=O)N[C@H]1c1cccc(Cl)c1. The number of rotatable bonds is 5. The lowest BCUT2D eigenvalue weighted by atomic mass is 9.95. The van der Waals surface area contributed by atoms with Crippen LogP contribution in [0.2, 0.25) is 10.0 Å². The highest BCUT2D eigenvalue weighted by molar-refractivity contribution is 6.31. The zero-order chi connectivity index (χ0) is 22.7. The molecule has 4 rings (SSSR count). The molecule has 0 aliphatic carbocycles. The smallest absolute Gasteiger partial charge is 0.338 e. The molecule has 32 heavy (non-hydrogen) atoms. The molecule has 1 fully saturated rings. The van der Waals surface area contributed by atoms with Crippen molar-refractivity contribution in [1.29, 1.82) is 0 Å². The van der Waals surface area contributed by atoms with Crippen LogP contribution in [0.25, 0.3) is 0 Å². The number of halogens is 2. The van der Waals surface area contributed by atoms with Gasteiger partial charge in [0, 0.05) is 54.2 Å². The number of nitrogens with one attached hydrogen (secondary N) is 2. The molecule has 1 saturated heterocycles. The Morgan fingerprint density at radius 3 is 2.41 bits per heavy atom. The molecule has 168 valence electrons. The molecule has 0 spiro atoms. The van der Waals surface area contributed by atoms with E-state index in [9.17, 15) is 9.59 Å². The van der Waals surface area contributed by atoms with Gasteiger partial charge < -0.3 is 20.3 Å². The molecule has 1 atom stereocenters. The van der Waals surface area contributed by atoms with Crippen LogP contribution in [-0.2, 0) is 9.53 Å². The molecule has 0 saturated carbocycles. The Labute approximate surface area is 196 Å². The Morgan fingerprint density at radius 2 is 1.75 bits per heavy atom. The molecule has 2 aromatic carbocycles. The summed E-state index contributed by atoms with van der Waals surface area (Å²) >= 11 is 12.3. The number of carbonyl (C=O) groups is 2. The lowest BCUT2D eigenvalue weighted by Gasteiger charge is -2.38. The Morgan fingerprint density at radius 1 is 1.06 bits per heavy atom. The number of hydrogen-bond donors (Lipinski definition) is 2. The summed E-state index contributed by atoms with van der Waals surface area (Å²) in [5, 5.41) is 6.87. The quantitative estimate of drug-likeness (QED) is 0.647. The largest absolute Gasteiger partial charge is 0.466 e. The number of amides is 2. The van der Waals surface area contributed by atoms with E-state index in [1.54, 1.807) is 18.2 Å². The van der Waals surface area contributed by atoms with Gasteiger partial charge in [0.1, 0.15) is 0 Å². The van der Waals surface area contributed by atoms with Crippen molar-refractivity contribution in [3.05, 3.63) is 75.4 Å². The second kappa shape index (κ2) is 9.81. The highest BCUT2D eigenvalue weighted by Crippen LogP contribution is 2.30. The van der Waals surface area contributed by atoms with E-state index < -0.39 is 12.0 Å². The minimum atomic E-state index is -0.641. The van der Waals surface area contributed by atoms with Crippen LogP contribution in [0.1, 0.15) is 11.6 Å². The van der Waals surface area contributed by atoms with E-state index in [2.05, 4.69) is 20.4 Å². The molecule has 2 heterocycles. The molecule has 9 heteroatoms. The van der Waals surface area contributed by atoms with Crippen molar-refractivity contribution in [2.45, 2.75) is 6.04 Å². The summed E-state index contributed by atoms with van der Waals surface area (Å²) in [4.78, 5) is 29.6. The molecule has 0 unspecified atom stereocenters. The first kappa shape index (κ1) is 22.5. The third kappa shape index (κ3) is 5.01. The van der Waals surface area contributed by atoms with E-state index in [-0.39, 0.29) is 6.03 Å². The maximum atomic E-state index is 12.7. The zero-order valence-corrected chi connectivity index (χ0v) is 19.1. The number of anilines is 1. The number of urea groups is 1. The van der Waals surface area contributed by atoms with Gasteiger partial charge in [-0.05, 0) is 35.9 Å². The van der Waals surface area contributed by atoms with Crippen molar-refractivity contribution in [1.82, 2.24) is 15.5 Å². The molecule has 0 bridgehead atoms. The van der Waals surface area contributed by atoms with Crippen LogP contribution < -0.4 is 15.5 Å². The first-order valence-corrected chi connectivity index (χ1v) is 11.1. The molecule has 2 aliphatic heterocycles. The number of hydrogen-bond acceptors (Lipinski definition) is 5. The van der Waals surface area contributed by atoms with E-state index >= 15 is 0 Å². The first-order chi connectivity index (χ1) is 15.4. The van der Waals surface area contributed by atoms with E-state index in [1.807, 2.05) is 30.3 Å². The third-order valence-electron chi connectivity index (χ3n) is 5.67. The predicted octanol–water partition coefficient (Wildman–Crippen LogP) is 3.60. The van der Waals surface area contributed by atoms with Crippen molar-refractivity contribution >= 4 is 40.9 Å². The van der Waals surface area contributed by atoms with Crippen LogP contribution in [0.4, 0.5) is 10.5 Å². The lowest BCUT2D eigenvalue weighted by Crippen LogP contribution is -2.51. The Hall–Kier alpha value is -2.74. The van der Waals surface area contributed by atoms with Crippen LogP contribution in [0.3, 0.4) is 0 Å². The maximum Gasteiger partial charge on any atom is 0.338 e. The predicted molar refractivity (Wildman–Crippen MR) is 125 cm³/mol. The van der Waals surface area contributed by atoms with Gasteiger partial charge in [-0.25, -0.2) is 9.59 Å². The standard InChI is InChI=1S/C23H24Cl2N4O3/c1-32-22(30)20-19(26-23(31)27-21(20)15-4-2-5-16(24)12-15)14-28-8-10-29(11-9-28)18-7-3-6-17(25)13-18/h2-7,12-13,21H,8-11,14H2,1H3,(H2,26,27,31)/t21-/m0/s1. The number of nitrogens with zero attached hydrogens (tertiary/aromatic N) is 2. The Bertz CT molecular complexity index is 1050. The van der Waals surface area contributed by atoms with Crippen LogP contribution in [0.15, 0.2) is 59.8 Å². The Balaban J connectivity index is 1.55. The maximum absolute atomic E-state index is 12.7. The molecule has 0 radical (unpaired) electrons. The van der Waals surface area contributed by atoms with Gasteiger partial charge in [0.15, 0.2) is 0 Å². The molecule has 2 N–H and O–H groups in total. The van der Waals surface area contributed by atoms with E-state index in [0.717, 1.165) is 37.4 Å². The summed E-state index contributed by atoms with van der Waals surface area (Å²) in [7, 11) is 1.34. The summed E-state index contributed by atoms with van der Waals surface area (Å²) in [5.74, 6) is -0.491. The summed E-state index contributed by atoms with van der Waals surface area (Å²) in [5.41, 5.74) is 2.73. The number of esters is 1. The van der Waals surface area contributed by atoms with Gasteiger partial charge in [0.05, 0.1) is 18.7 Å². The van der Waals surface area contributed by atoms with Gasteiger partial charge in [-0.1, -0.05) is 41.4 Å². The fourth-order valence-corrected chi connectivity index (χ4v) is 4.47. The monoisotopic (exact) mass is 474 g/mol. The topological polar surface area (TPSA) is 73.9 Å². The Kier molecular flexibility index (Phi) is 6.89. The van der Waals surface area contributed by atoms with Crippen molar-refractivity contribution in [2.75, 3.05) is 44.7 Å². The average molecular weight is 475 g/mol. The first-order valence-electron chi connectivity index (χ1n) is 10.3. The van der Waals surface area contributed by atoms with Crippen molar-refractivity contribution < 1.29 is 14.3 Å². The molecule has 2 aliphatic rings. The van der Waals surface area contributed by atoms with Gasteiger partial charge in [0.2, 0.25) is 0 Å². The van der Waals surface area contributed by atoms with Crippen LogP contribution >= 0.6 is 23.2 Å². The van der Waals surface area contributed by atoms with E-state index in [0.29, 0.717) is 27.9 Å². The van der Waals surface area contributed by atoms with Crippen LogP contribution in [-0.4, -0.2) is 56.7 Å². The highest BCUT2D eigenvalue weighted by Gasteiger charge is 2.34. The number of carbonyl (C=O) groups excluding carboxylic acids is 2. The molecular weight excluding hydrogens is 451 g/mol. The molecule has 2 amide bonds. The summed E-state index contributed by atoms with van der Waals surface area (Å²) in [6.45, 7) is 3.60. The van der Waals surface area contributed by atoms with Gasteiger partial charge in [-0.15, -0.1) is 0 Å². The fourth-order valence-electron chi connectivity index (χ4n) is 4.09. The summed E-state index contributed by atoms with van der Waals surface area (Å²) in [6.07, 6.45) is 0. The zero-order valence-electron chi connectivity index (χ0n) is 17.6. The fraction of sp³-hybridized carbons (Fsp3) is 0.304. The second-order valence-electron chi connectivity index (χ2n) is 7.71. The van der Waals surface area contributed by atoms with Gasteiger partial charge in [0.25, 0.3) is 0 Å². The lowest BCUT2D eigenvalue weighted by molar-refractivity contribution is -0.136. The number of methoxy groups -OCH3 is 1. The number of piperazine rings is 1. The minimum absolute atomic E-state index is 0.366. The second-order valence-corrected chi connectivity index (χ2v) is 8.59. The normalized spacial score (nSPS) is 19.4. The van der Waals surface area contributed by atoms with Crippen LogP contribution in [0.5, 0.6) is 0 Å². The van der Waals surface area contributed by atoms with Gasteiger partial charge in [-0.3, -0.25) is 4.90 Å². The van der Waals surface area contributed by atoms with E-state index in [4.69, 9.17) is 27.9 Å². The third-order valence-corrected chi connectivity index (χ3v) is 6.14. The van der Waals surface area contributed by atoms with Gasteiger partial charge in [-0.2, -0.15) is 0 Å². The molecule has 0 aromatic heterocycles. The van der Waals surface area contributed by atoms with Gasteiger partial charge >= 0.3 is 12.0 Å². The summed E-state index contributed by atoms with van der Waals surface area (Å²) < 4.78 is 5.05. The van der Waals surface area contributed by atoms with Crippen molar-refractivity contribution in [2.24, 2.45) is 0 Å². The van der Waals surface area contributed by atoms with Crippen LogP contribution in [0, 0.1) is 0 Å². The average Bonchev–Trinajstić information content (AvgIpc) is 2.79. The van der Waals surface area contributed by atoms with Crippen molar-refractivity contribution in [3.8, 4) is 0 Å². The molecular formula is C23H24Cl2N4O3. The molecule has 2 aromatic rings. The van der Waals surface area contributed by atoms with Crippen molar-refractivity contribution in [3.63, 3.8) is 0 Å². The highest BCUT2D eigenvalue weighted by atomic mass is 35.5.